The minimum atomic E-state index is -0.854. The first-order valence-electron chi connectivity index (χ1n) is 9.80. The molecule has 3 atom stereocenters. The minimum absolute atomic E-state index is 0.312. The zero-order chi connectivity index (χ0) is 17.9. The molecule has 2 fully saturated rings. The lowest BCUT2D eigenvalue weighted by Crippen LogP contribution is -2.59. The van der Waals surface area contributed by atoms with Gasteiger partial charge in [-0.25, -0.2) is 4.98 Å². The number of hydrogen-bond acceptors (Lipinski definition) is 5. The van der Waals surface area contributed by atoms with Gasteiger partial charge in [0, 0.05) is 42.1 Å². The van der Waals surface area contributed by atoms with Crippen LogP contribution in [-0.4, -0.2) is 45.3 Å². The molecule has 1 saturated carbocycles. The van der Waals surface area contributed by atoms with Gasteiger partial charge in [0.1, 0.15) is 5.65 Å². The molecule has 26 heavy (non-hydrogen) atoms. The van der Waals surface area contributed by atoms with E-state index in [1.807, 2.05) is 18.1 Å². The van der Waals surface area contributed by atoms with Crippen molar-refractivity contribution in [2.45, 2.75) is 45.1 Å². The summed E-state index contributed by atoms with van der Waals surface area (Å²) in [6.07, 6.45) is 8.49. The summed E-state index contributed by atoms with van der Waals surface area (Å²) >= 11 is 2.01. The number of fused-ring (bicyclic) bond motifs is 4. The molecule has 0 aromatic carbocycles. The van der Waals surface area contributed by atoms with E-state index in [2.05, 4.69) is 34.2 Å². The topological polar surface area (TPSA) is 61.4 Å². The summed E-state index contributed by atoms with van der Waals surface area (Å²) in [5.41, 5.74) is 2.86. The largest absolute Gasteiger partial charge is 0.493 e. The van der Waals surface area contributed by atoms with E-state index in [0.29, 0.717) is 11.3 Å². The third kappa shape index (κ3) is 2.20. The number of nitrogens with zero attached hydrogens (tertiary/aromatic N) is 2. The molecule has 2 aromatic heterocycles. The molecule has 4 heterocycles. The highest BCUT2D eigenvalue weighted by Gasteiger charge is 2.68. The summed E-state index contributed by atoms with van der Waals surface area (Å²) in [6.45, 7) is 6.88. The molecule has 1 aliphatic carbocycles. The van der Waals surface area contributed by atoms with Crippen molar-refractivity contribution in [3.63, 3.8) is 0 Å². The van der Waals surface area contributed by atoms with E-state index >= 15 is 0 Å². The number of pyridine rings is 1. The third-order valence-electron chi connectivity index (χ3n) is 6.98. The number of aromatic amines is 1. The fourth-order valence-electron chi connectivity index (χ4n) is 5.45. The van der Waals surface area contributed by atoms with Gasteiger partial charge in [-0.05, 0) is 42.2 Å². The normalized spacial score (nSPS) is 33.5. The predicted molar refractivity (Wildman–Crippen MR) is 106 cm³/mol. The van der Waals surface area contributed by atoms with Gasteiger partial charge in [-0.3, -0.25) is 4.31 Å². The molecule has 138 valence electrons. The van der Waals surface area contributed by atoms with Crippen LogP contribution < -0.4 is 5.46 Å². The summed E-state index contributed by atoms with van der Waals surface area (Å²) < 4.78 is 8.80. The average Bonchev–Trinajstić information content (AvgIpc) is 3.33. The Bertz CT molecular complexity index is 845. The lowest BCUT2D eigenvalue weighted by atomic mass is 9.49. The van der Waals surface area contributed by atoms with E-state index in [1.165, 1.54) is 37.1 Å². The fraction of sp³-hybridized carbons (Fsp3) is 0.632. The maximum Gasteiger partial charge on any atom is 0.493 e. The SMILES string of the molecule is CCCCSN1CCC2(C1)CC1(OB(O)c3cnc4[nH]ccc4c31)C2C. The number of rotatable bonds is 4. The number of unbranched alkanes of at least 4 members (excludes halogenated alkanes) is 1. The van der Waals surface area contributed by atoms with E-state index in [-0.39, 0.29) is 5.60 Å². The molecule has 0 amide bonds. The van der Waals surface area contributed by atoms with Gasteiger partial charge in [-0.2, -0.15) is 0 Å². The van der Waals surface area contributed by atoms with Crippen LogP contribution >= 0.6 is 11.9 Å². The summed E-state index contributed by atoms with van der Waals surface area (Å²) in [5.74, 6) is 1.61. The van der Waals surface area contributed by atoms with E-state index in [1.54, 1.807) is 6.20 Å². The molecule has 2 N–H and O–H groups in total. The second kappa shape index (κ2) is 5.99. The van der Waals surface area contributed by atoms with Gasteiger partial charge in [0.05, 0.1) is 5.60 Å². The van der Waals surface area contributed by atoms with Crippen molar-refractivity contribution in [1.82, 2.24) is 14.3 Å². The zero-order valence-electron chi connectivity index (χ0n) is 15.5. The molecule has 0 radical (unpaired) electrons. The summed E-state index contributed by atoms with van der Waals surface area (Å²) in [6, 6.07) is 2.07. The van der Waals surface area contributed by atoms with Crippen LogP contribution in [0.2, 0.25) is 0 Å². The maximum atomic E-state index is 10.5. The van der Waals surface area contributed by atoms with Gasteiger partial charge in [0.25, 0.3) is 0 Å². The van der Waals surface area contributed by atoms with Gasteiger partial charge in [-0.1, -0.05) is 32.2 Å². The van der Waals surface area contributed by atoms with E-state index in [0.717, 1.165) is 29.5 Å². The monoisotopic (exact) mass is 371 g/mol. The Morgan fingerprint density at radius 3 is 3.23 bits per heavy atom. The minimum Gasteiger partial charge on any atom is -0.423 e. The van der Waals surface area contributed by atoms with Crippen molar-refractivity contribution in [2.75, 3.05) is 18.8 Å². The van der Waals surface area contributed by atoms with E-state index < -0.39 is 7.12 Å². The Morgan fingerprint density at radius 1 is 1.54 bits per heavy atom. The zero-order valence-corrected chi connectivity index (χ0v) is 16.3. The molecular formula is C19H26BN3O2S. The quantitative estimate of drug-likeness (QED) is 0.492. The molecule has 2 spiro atoms. The van der Waals surface area contributed by atoms with Crippen molar-refractivity contribution in [2.24, 2.45) is 11.3 Å². The third-order valence-corrected chi connectivity index (χ3v) is 8.13. The van der Waals surface area contributed by atoms with Gasteiger partial charge >= 0.3 is 7.12 Å². The average molecular weight is 371 g/mol. The standard InChI is InChI=1S/C19H26BN3O2S/c1-3-4-9-26-23-8-6-18(12-23)11-19(13(18)2)16-14-5-7-21-17(14)22-10-15(16)20(24)25-19/h5,7,10,13,24H,3-4,6,8-9,11-12H2,1-2H3,(H,21,22). The first kappa shape index (κ1) is 17.1. The molecule has 7 heteroatoms. The van der Waals surface area contributed by atoms with Crippen molar-refractivity contribution in [1.29, 1.82) is 0 Å². The predicted octanol–water partition coefficient (Wildman–Crippen LogP) is 2.66. The van der Waals surface area contributed by atoms with Crippen LogP contribution in [0.4, 0.5) is 0 Å². The maximum absolute atomic E-state index is 10.5. The molecule has 5 rings (SSSR count). The van der Waals surface area contributed by atoms with Crippen LogP contribution in [-0.2, 0) is 10.3 Å². The number of H-pyrrole nitrogens is 1. The highest BCUT2D eigenvalue weighted by Crippen LogP contribution is 2.66. The van der Waals surface area contributed by atoms with Crippen molar-refractivity contribution >= 4 is 35.6 Å². The second-order valence-electron chi connectivity index (χ2n) is 8.25. The summed E-state index contributed by atoms with van der Waals surface area (Å²) in [4.78, 5) is 7.65. The Labute approximate surface area is 159 Å². The van der Waals surface area contributed by atoms with E-state index in [4.69, 9.17) is 4.65 Å². The van der Waals surface area contributed by atoms with Crippen molar-refractivity contribution < 1.29 is 9.68 Å². The second-order valence-corrected chi connectivity index (χ2v) is 9.43. The number of hydrogen-bond donors (Lipinski definition) is 2. The molecule has 3 unspecified atom stereocenters. The summed E-state index contributed by atoms with van der Waals surface area (Å²) in [7, 11) is -0.854. The van der Waals surface area contributed by atoms with Gasteiger partial charge in [-0.15, -0.1) is 0 Å². The van der Waals surface area contributed by atoms with E-state index in [9.17, 15) is 5.02 Å². The van der Waals surface area contributed by atoms with Crippen molar-refractivity contribution in [3.05, 3.63) is 24.0 Å². The Hall–Kier alpha value is -1.02. The van der Waals surface area contributed by atoms with Crippen LogP contribution in [0.3, 0.4) is 0 Å². The lowest BCUT2D eigenvalue weighted by molar-refractivity contribution is -0.170. The lowest BCUT2D eigenvalue weighted by Gasteiger charge is -2.59. The molecular weight excluding hydrogens is 345 g/mol. The Kier molecular flexibility index (Phi) is 3.94. The Balaban J connectivity index is 1.43. The smallest absolute Gasteiger partial charge is 0.423 e. The molecule has 2 aromatic rings. The molecule has 0 bridgehead atoms. The van der Waals surface area contributed by atoms with Crippen LogP contribution in [0.1, 0.15) is 45.1 Å². The first-order valence-corrected chi connectivity index (χ1v) is 10.7. The fourth-order valence-corrected chi connectivity index (χ4v) is 6.69. The van der Waals surface area contributed by atoms with Crippen LogP contribution in [0.15, 0.2) is 18.5 Å². The van der Waals surface area contributed by atoms with Gasteiger partial charge < -0.3 is 14.7 Å². The highest BCUT2D eigenvalue weighted by atomic mass is 32.2. The van der Waals surface area contributed by atoms with Crippen LogP contribution in [0, 0.1) is 11.3 Å². The molecule has 3 aliphatic rings. The number of aromatic nitrogens is 2. The molecule has 5 nitrogen and oxygen atoms in total. The number of nitrogens with one attached hydrogen (secondary N) is 1. The van der Waals surface area contributed by atoms with Gasteiger partial charge in [0.2, 0.25) is 0 Å². The van der Waals surface area contributed by atoms with Gasteiger partial charge in [0.15, 0.2) is 0 Å². The van der Waals surface area contributed by atoms with Crippen molar-refractivity contribution in [3.8, 4) is 0 Å². The Morgan fingerprint density at radius 2 is 2.42 bits per heavy atom. The summed E-state index contributed by atoms with van der Waals surface area (Å²) in [5, 5.41) is 11.6. The molecule has 2 aliphatic heterocycles. The first-order chi connectivity index (χ1) is 12.6. The molecule has 1 saturated heterocycles. The highest BCUT2D eigenvalue weighted by molar-refractivity contribution is 7.97. The van der Waals surface area contributed by atoms with Crippen LogP contribution in [0.25, 0.3) is 11.0 Å². The van der Waals surface area contributed by atoms with Crippen LogP contribution in [0.5, 0.6) is 0 Å².